The first-order chi connectivity index (χ1) is 7.65. The number of rotatable bonds is 5. The van der Waals surface area contributed by atoms with Crippen molar-refractivity contribution >= 4 is 11.6 Å². The molecule has 0 bridgehead atoms. The van der Waals surface area contributed by atoms with Crippen molar-refractivity contribution in [3.63, 3.8) is 0 Å². The maximum absolute atomic E-state index is 10.4. The molecule has 0 aromatic carbocycles. The van der Waals surface area contributed by atoms with Gasteiger partial charge < -0.3 is 10.4 Å². The minimum Gasteiger partial charge on any atom is -0.396 e. The summed E-state index contributed by atoms with van der Waals surface area (Å²) in [5.41, 5.74) is -0.167. The van der Waals surface area contributed by atoms with Gasteiger partial charge in [0.1, 0.15) is 12.4 Å². The van der Waals surface area contributed by atoms with Gasteiger partial charge in [-0.15, -0.1) is 0 Å². The second-order valence-corrected chi connectivity index (χ2v) is 4.03. The van der Waals surface area contributed by atoms with E-state index in [4.69, 9.17) is 5.11 Å². The number of hydrogen-bond donors (Lipinski definition) is 2. The third kappa shape index (κ3) is 2.25. The molecule has 0 spiro atoms. The molecule has 2 rings (SSSR count). The fraction of sp³-hybridized carbons (Fsp3) is 0.556. The molecule has 2 N–H and O–H groups in total. The van der Waals surface area contributed by atoms with E-state index in [9.17, 15) is 10.1 Å². The molecular weight excluding hydrogens is 212 g/mol. The molecule has 1 aliphatic carbocycles. The highest BCUT2D eigenvalue weighted by Gasteiger charge is 2.41. The van der Waals surface area contributed by atoms with Crippen LogP contribution < -0.4 is 5.32 Å². The number of nitrogens with one attached hydrogen (secondary N) is 1. The summed E-state index contributed by atoms with van der Waals surface area (Å²) in [7, 11) is 0. The Morgan fingerprint density at radius 2 is 2.12 bits per heavy atom. The standard InChI is InChI=1S/C9H12N4O3/c14-6-9(1-2-9)5-12-8-10-3-7(4-11-8)13(15)16/h3-4,14H,1-2,5-6H2,(H,10,11,12). The van der Waals surface area contributed by atoms with Crippen molar-refractivity contribution in [1.29, 1.82) is 0 Å². The quantitative estimate of drug-likeness (QED) is 0.560. The second kappa shape index (κ2) is 4.01. The van der Waals surface area contributed by atoms with E-state index >= 15 is 0 Å². The van der Waals surface area contributed by atoms with Crippen molar-refractivity contribution in [2.75, 3.05) is 18.5 Å². The number of nitrogens with zero attached hydrogens (tertiary/aromatic N) is 3. The SMILES string of the molecule is O=[N+]([O-])c1cnc(NCC2(CO)CC2)nc1. The summed E-state index contributed by atoms with van der Waals surface area (Å²) in [4.78, 5) is 17.5. The average molecular weight is 224 g/mol. The summed E-state index contributed by atoms with van der Waals surface area (Å²) in [5.74, 6) is 0.352. The van der Waals surface area contributed by atoms with Crippen molar-refractivity contribution < 1.29 is 10.0 Å². The van der Waals surface area contributed by atoms with Gasteiger partial charge in [-0.05, 0) is 12.8 Å². The van der Waals surface area contributed by atoms with Gasteiger partial charge in [-0.3, -0.25) is 10.1 Å². The van der Waals surface area contributed by atoms with Crippen molar-refractivity contribution in [3.05, 3.63) is 22.5 Å². The van der Waals surface area contributed by atoms with Gasteiger partial charge in [-0.2, -0.15) is 0 Å². The molecule has 1 aliphatic rings. The van der Waals surface area contributed by atoms with Crippen molar-refractivity contribution in [2.24, 2.45) is 5.41 Å². The molecule has 7 heteroatoms. The summed E-state index contributed by atoms with van der Waals surface area (Å²) in [6.07, 6.45) is 4.30. The van der Waals surface area contributed by atoms with Crippen molar-refractivity contribution in [2.45, 2.75) is 12.8 Å². The van der Waals surface area contributed by atoms with Crippen LogP contribution >= 0.6 is 0 Å². The Hall–Kier alpha value is -1.76. The van der Waals surface area contributed by atoms with E-state index in [1.165, 1.54) is 0 Å². The number of aliphatic hydroxyl groups excluding tert-OH is 1. The van der Waals surface area contributed by atoms with Crippen LogP contribution in [0.4, 0.5) is 11.6 Å². The van der Waals surface area contributed by atoms with Crippen molar-refractivity contribution in [1.82, 2.24) is 9.97 Å². The van der Waals surface area contributed by atoms with E-state index in [-0.39, 0.29) is 17.7 Å². The zero-order chi connectivity index (χ0) is 11.6. The largest absolute Gasteiger partial charge is 0.396 e. The molecule has 86 valence electrons. The molecule has 1 fully saturated rings. The van der Waals surface area contributed by atoms with Gasteiger partial charge in [-0.25, -0.2) is 9.97 Å². The highest BCUT2D eigenvalue weighted by Crippen LogP contribution is 2.44. The van der Waals surface area contributed by atoms with Crippen LogP contribution in [0.15, 0.2) is 12.4 Å². The Balaban J connectivity index is 1.93. The monoisotopic (exact) mass is 224 g/mol. The Bertz CT molecular complexity index is 388. The zero-order valence-corrected chi connectivity index (χ0v) is 8.59. The lowest BCUT2D eigenvalue weighted by Crippen LogP contribution is -2.20. The van der Waals surface area contributed by atoms with Gasteiger partial charge >= 0.3 is 5.69 Å². The van der Waals surface area contributed by atoms with E-state index in [0.29, 0.717) is 12.5 Å². The Kier molecular flexibility index (Phi) is 2.69. The Morgan fingerprint density at radius 3 is 2.56 bits per heavy atom. The smallest absolute Gasteiger partial charge is 0.305 e. The predicted octanol–water partition coefficient (Wildman–Crippen LogP) is 0.569. The van der Waals surface area contributed by atoms with Gasteiger partial charge in [0.15, 0.2) is 0 Å². The normalized spacial score (nSPS) is 16.8. The number of hydrogen-bond acceptors (Lipinski definition) is 6. The summed E-state index contributed by atoms with van der Waals surface area (Å²) in [6.45, 7) is 0.744. The average Bonchev–Trinajstić information content (AvgIpc) is 3.08. The van der Waals surface area contributed by atoms with Crippen LogP contribution in [0.2, 0.25) is 0 Å². The molecule has 0 saturated heterocycles. The van der Waals surface area contributed by atoms with E-state index in [0.717, 1.165) is 25.2 Å². The number of aromatic nitrogens is 2. The summed E-state index contributed by atoms with van der Waals surface area (Å²) in [6, 6.07) is 0. The molecule has 1 heterocycles. The molecule has 7 nitrogen and oxygen atoms in total. The third-order valence-corrected chi connectivity index (χ3v) is 2.76. The Morgan fingerprint density at radius 1 is 1.50 bits per heavy atom. The molecule has 0 unspecified atom stereocenters. The minimum absolute atomic E-state index is 0.0366. The fourth-order valence-electron chi connectivity index (χ4n) is 1.34. The van der Waals surface area contributed by atoms with E-state index in [1.807, 2.05) is 0 Å². The highest BCUT2D eigenvalue weighted by molar-refractivity contribution is 5.31. The Labute approximate surface area is 91.7 Å². The highest BCUT2D eigenvalue weighted by atomic mass is 16.6. The summed E-state index contributed by atoms with van der Waals surface area (Å²) in [5, 5.41) is 22.4. The van der Waals surface area contributed by atoms with E-state index < -0.39 is 4.92 Å². The van der Waals surface area contributed by atoms with Gasteiger partial charge in [0.25, 0.3) is 0 Å². The summed E-state index contributed by atoms with van der Waals surface area (Å²) >= 11 is 0. The lowest BCUT2D eigenvalue weighted by molar-refractivity contribution is -0.385. The first kappa shape index (κ1) is 10.7. The zero-order valence-electron chi connectivity index (χ0n) is 8.59. The topological polar surface area (TPSA) is 101 Å². The molecule has 0 aliphatic heterocycles. The molecule has 16 heavy (non-hydrogen) atoms. The predicted molar refractivity (Wildman–Crippen MR) is 55.9 cm³/mol. The molecular formula is C9H12N4O3. The molecule has 0 radical (unpaired) electrons. The second-order valence-electron chi connectivity index (χ2n) is 4.03. The third-order valence-electron chi connectivity index (χ3n) is 2.76. The van der Waals surface area contributed by atoms with Gasteiger partial charge in [0.2, 0.25) is 5.95 Å². The molecule has 1 aromatic heterocycles. The van der Waals surface area contributed by atoms with Gasteiger partial charge in [0.05, 0.1) is 11.5 Å². The van der Waals surface area contributed by atoms with Gasteiger partial charge in [-0.1, -0.05) is 0 Å². The number of aliphatic hydroxyl groups is 1. The van der Waals surface area contributed by atoms with Crippen LogP contribution in [0.25, 0.3) is 0 Å². The molecule has 1 saturated carbocycles. The van der Waals surface area contributed by atoms with Crippen LogP contribution in [-0.4, -0.2) is 33.1 Å². The lowest BCUT2D eigenvalue weighted by atomic mass is 10.1. The van der Waals surface area contributed by atoms with E-state index in [1.54, 1.807) is 0 Å². The maximum Gasteiger partial charge on any atom is 0.305 e. The van der Waals surface area contributed by atoms with Crippen LogP contribution in [-0.2, 0) is 0 Å². The number of nitro groups is 1. The first-order valence-corrected chi connectivity index (χ1v) is 4.96. The molecule has 0 amide bonds. The van der Waals surface area contributed by atoms with Crippen molar-refractivity contribution in [3.8, 4) is 0 Å². The molecule has 0 atom stereocenters. The minimum atomic E-state index is -0.542. The maximum atomic E-state index is 10.4. The fourth-order valence-corrected chi connectivity index (χ4v) is 1.34. The van der Waals surface area contributed by atoms with Gasteiger partial charge in [0, 0.05) is 12.0 Å². The first-order valence-electron chi connectivity index (χ1n) is 4.96. The van der Waals surface area contributed by atoms with Crippen LogP contribution in [0, 0.1) is 15.5 Å². The number of anilines is 1. The van der Waals surface area contributed by atoms with Crippen LogP contribution in [0.5, 0.6) is 0 Å². The molecule has 1 aromatic rings. The lowest BCUT2D eigenvalue weighted by Gasteiger charge is -2.11. The van der Waals surface area contributed by atoms with E-state index in [2.05, 4.69) is 15.3 Å². The summed E-state index contributed by atoms with van der Waals surface area (Å²) < 4.78 is 0. The van der Waals surface area contributed by atoms with Crippen LogP contribution in [0.1, 0.15) is 12.8 Å². The van der Waals surface area contributed by atoms with Crippen LogP contribution in [0.3, 0.4) is 0 Å².